The van der Waals surface area contributed by atoms with Crippen LogP contribution in [0.15, 0.2) is 66.9 Å². The van der Waals surface area contributed by atoms with E-state index >= 15 is 0 Å². The lowest BCUT2D eigenvalue weighted by Gasteiger charge is -2.17. The maximum atomic E-state index is 13.8. The average Bonchev–Trinajstić information content (AvgIpc) is 2.64. The molecule has 0 aliphatic rings. The number of hydrogen-bond acceptors (Lipinski definition) is 3. The summed E-state index contributed by atoms with van der Waals surface area (Å²) in [6, 6.07) is 15.7. The highest BCUT2D eigenvalue weighted by molar-refractivity contribution is 6.04. The van der Waals surface area contributed by atoms with Crippen LogP contribution in [0.3, 0.4) is 0 Å². The molecular weight excluding hydrogens is 324 g/mol. The summed E-state index contributed by atoms with van der Waals surface area (Å²) in [5, 5.41) is 2.65. The summed E-state index contributed by atoms with van der Waals surface area (Å²) in [5.74, 6) is -1.76. The maximum absolute atomic E-state index is 13.8. The number of amides is 1. The van der Waals surface area contributed by atoms with Gasteiger partial charge in [-0.1, -0.05) is 24.3 Å². The van der Waals surface area contributed by atoms with Gasteiger partial charge < -0.3 is 10.2 Å². The quantitative estimate of drug-likeness (QED) is 0.767. The lowest BCUT2D eigenvalue weighted by atomic mass is 10.2. The molecule has 0 atom stereocenters. The van der Waals surface area contributed by atoms with Crippen LogP contribution in [0, 0.1) is 11.6 Å². The summed E-state index contributed by atoms with van der Waals surface area (Å²) >= 11 is 0. The number of pyridine rings is 1. The van der Waals surface area contributed by atoms with Gasteiger partial charge in [0.1, 0.15) is 23.0 Å². The number of hydrogen-bond donors (Lipinski definition) is 1. The largest absolute Gasteiger partial charge is 0.351 e. The molecule has 0 aliphatic carbocycles. The molecule has 0 saturated carbocycles. The monoisotopic (exact) mass is 339 g/mol. The molecule has 1 amide bonds. The Hall–Kier alpha value is -3.28. The third-order valence-electron chi connectivity index (χ3n) is 3.66. The zero-order chi connectivity index (χ0) is 17.8. The van der Waals surface area contributed by atoms with E-state index in [0.717, 1.165) is 12.1 Å². The first kappa shape index (κ1) is 16.6. The van der Waals surface area contributed by atoms with Crippen molar-refractivity contribution in [2.75, 3.05) is 17.3 Å². The third-order valence-corrected chi connectivity index (χ3v) is 3.66. The fourth-order valence-electron chi connectivity index (χ4n) is 2.33. The Bertz CT molecular complexity index is 880. The first-order valence-corrected chi connectivity index (χ1v) is 7.56. The van der Waals surface area contributed by atoms with Crippen molar-refractivity contribution in [3.05, 3.63) is 84.2 Å². The van der Waals surface area contributed by atoms with Gasteiger partial charge in [-0.2, -0.15) is 0 Å². The maximum Gasteiger partial charge on any atom is 0.276 e. The second-order valence-corrected chi connectivity index (χ2v) is 5.35. The van der Waals surface area contributed by atoms with Gasteiger partial charge in [0.2, 0.25) is 0 Å². The minimum atomic E-state index is -0.717. The molecule has 1 aromatic heterocycles. The van der Waals surface area contributed by atoms with Crippen molar-refractivity contribution in [2.45, 2.75) is 0 Å². The standard InChI is InChI=1S/C19H15F2N3O/c1-24(14-6-3-2-4-7-14)19(25)17-12-13(10-11-22-17)23-18-15(20)8-5-9-16(18)21/h2-12H,1H3,(H,22,23). The highest BCUT2D eigenvalue weighted by atomic mass is 19.1. The van der Waals surface area contributed by atoms with Crippen molar-refractivity contribution < 1.29 is 13.6 Å². The molecule has 0 saturated heterocycles. The van der Waals surface area contributed by atoms with E-state index in [1.165, 1.54) is 29.3 Å². The van der Waals surface area contributed by atoms with Crippen LogP contribution in [-0.4, -0.2) is 17.9 Å². The Balaban J connectivity index is 1.85. The van der Waals surface area contributed by atoms with E-state index in [1.54, 1.807) is 19.2 Å². The van der Waals surface area contributed by atoms with Crippen LogP contribution in [0.2, 0.25) is 0 Å². The van der Waals surface area contributed by atoms with E-state index in [2.05, 4.69) is 10.3 Å². The van der Waals surface area contributed by atoms with Crippen molar-refractivity contribution in [3.63, 3.8) is 0 Å². The molecule has 0 bridgehead atoms. The minimum Gasteiger partial charge on any atom is -0.351 e. The topological polar surface area (TPSA) is 45.2 Å². The number of benzene rings is 2. The molecule has 25 heavy (non-hydrogen) atoms. The van der Waals surface area contributed by atoms with Gasteiger partial charge in [0.15, 0.2) is 0 Å². The molecule has 0 aliphatic heterocycles. The van der Waals surface area contributed by atoms with Gasteiger partial charge >= 0.3 is 0 Å². The Morgan fingerprint density at radius 2 is 1.68 bits per heavy atom. The van der Waals surface area contributed by atoms with E-state index in [4.69, 9.17) is 0 Å². The fraction of sp³-hybridized carbons (Fsp3) is 0.0526. The van der Waals surface area contributed by atoms with Crippen molar-refractivity contribution in [1.82, 2.24) is 4.98 Å². The molecular formula is C19H15F2N3O. The summed E-state index contributed by atoms with van der Waals surface area (Å²) in [4.78, 5) is 18.1. The molecule has 126 valence electrons. The molecule has 1 N–H and O–H groups in total. The third kappa shape index (κ3) is 3.63. The Morgan fingerprint density at radius 1 is 1.00 bits per heavy atom. The summed E-state index contributed by atoms with van der Waals surface area (Å²) in [7, 11) is 1.63. The van der Waals surface area contributed by atoms with Gasteiger partial charge in [-0.05, 0) is 36.4 Å². The highest BCUT2D eigenvalue weighted by Crippen LogP contribution is 2.23. The fourth-order valence-corrected chi connectivity index (χ4v) is 2.33. The van der Waals surface area contributed by atoms with Crippen LogP contribution >= 0.6 is 0 Å². The predicted molar refractivity (Wildman–Crippen MR) is 93.1 cm³/mol. The smallest absolute Gasteiger partial charge is 0.276 e. The van der Waals surface area contributed by atoms with Crippen LogP contribution in [0.4, 0.5) is 25.8 Å². The second-order valence-electron chi connectivity index (χ2n) is 5.35. The summed E-state index contributed by atoms with van der Waals surface area (Å²) in [6.45, 7) is 0. The van der Waals surface area contributed by atoms with Crippen molar-refractivity contribution in [1.29, 1.82) is 0 Å². The number of nitrogens with zero attached hydrogens (tertiary/aromatic N) is 2. The Morgan fingerprint density at radius 3 is 2.36 bits per heavy atom. The first-order chi connectivity index (χ1) is 12.1. The summed E-state index contributed by atoms with van der Waals surface area (Å²) < 4.78 is 27.5. The SMILES string of the molecule is CN(C(=O)c1cc(Nc2c(F)cccc2F)ccn1)c1ccccc1. The van der Waals surface area contributed by atoms with E-state index < -0.39 is 11.6 Å². The number of aromatic nitrogens is 1. The number of halogens is 2. The van der Waals surface area contributed by atoms with E-state index in [9.17, 15) is 13.6 Å². The van der Waals surface area contributed by atoms with Crippen LogP contribution in [0.1, 0.15) is 10.5 Å². The summed E-state index contributed by atoms with van der Waals surface area (Å²) in [6.07, 6.45) is 1.41. The van der Waals surface area contributed by atoms with E-state index in [0.29, 0.717) is 11.4 Å². The number of rotatable bonds is 4. The Labute approximate surface area is 143 Å². The first-order valence-electron chi connectivity index (χ1n) is 7.56. The van der Waals surface area contributed by atoms with Crippen molar-refractivity contribution in [2.24, 2.45) is 0 Å². The van der Waals surface area contributed by atoms with E-state index in [-0.39, 0.29) is 17.3 Å². The lowest BCUT2D eigenvalue weighted by Crippen LogP contribution is -2.27. The number of para-hydroxylation sites is 2. The number of carbonyl (C=O) groups is 1. The van der Waals surface area contributed by atoms with E-state index in [1.807, 2.05) is 18.2 Å². The van der Waals surface area contributed by atoms with Gasteiger partial charge in [-0.15, -0.1) is 0 Å². The Kier molecular flexibility index (Phi) is 4.70. The van der Waals surface area contributed by atoms with Gasteiger partial charge in [0.05, 0.1) is 0 Å². The summed E-state index contributed by atoms with van der Waals surface area (Å²) in [5.41, 5.74) is 0.966. The van der Waals surface area contributed by atoms with Crippen molar-refractivity contribution in [3.8, 4) is 0 Å². The van der Waals surface area contributed by atoms with Gasteiger partial charge in [0.25, 0.3) is 5.91 Å². The van der Waals surface area contributed by atoms with Crippen LogP contribution < -0.4 is 10.2 Å². The molecule has 0 fully saturated rings. The van der Waals surface area contributed by atoms with Gasteiger partial charge in [0, 0.05) is 24.6 Å². The molecule has 3 rings (SSSR count). The lowest BCUT2D eigenvalue weighted by molar-refractivity contribution is 0.0988. The number of anilines is 3. The highest BCUT2D eigenvalue weighted by Gasteiger charge is 2.16. The molecule has 6 heteroatoms. The van der Waals surface area contributed by atoms with Gasteiger partial charge in [-0.3, -0.25) is 9.78 Å². The zero-order valence-electron chi connectivity index (χ0n) is 13.4. The number of carbonyl (C=O) groups excluding carboxylic acids is 1. The molecule has 2 aromatic carbocycles. The van der Waals surface area contributed by atoms with Crippen LogP contribution in [0.5, 0.6) is 0 Å². The molecule has 4 nitrogen and oxygen atoms in total. The van der Waals surface area contributed by atoms with Gasteiger partial charge in [-0.25, -0.2) is 8.78 Å². The zero-order valence-corrected chi connectivity index (χ0v) is 13.4. The van der Waals surface area contributed by atoms with Crippen molar-refractivity contribution >= 4 is 23.0 Å². The second kappa shape index (κ2) is 7.09. The van der Waals surface area contributed by atoms with Crippen LogP contribution in [-0.2, 0) is 0 Å². The number of nitrogens with one attached hydrogen (secondary N) is 1. The molecule has 0 unspecified atom stereocenters. The molecule has 1 heterocycles. The minimum absolute atomic E-state index is 0.160. The van der Waals surface area contributed by atoms with Crippen LogP contribution in [0.25, 0.3) is 0 Å². The predicted octanol–water partition coefficient (Wildman–Crippen LogP) is 4.38. The normalized spacial score (nSPS) is 10.4. The molecule has 0 spiro atoms. The molecule has 0 radical (unpaired) electrons. The average molecular weight is 339 g/mol. The molecule has 3 aromatic rings.